The van der Waals surface area contributed by atoms with Gasteiger partial charge in [0.2, 0.25) is 0 Å². The molecule has 1 unspecified atom stereocenters. The number of piperidine rings is 1. The summed E-state index contributed by atoms with van der Waals surface area (Å²) in [6.07, 6.45) is 1.65. The molecule has 104 valence electrons. The minimum absolute atomic E-state index is 0.00435. The Labute approximate surface area is 124 Å². The number of amides is 1. The molecule has 1 fully saturated rings. The van der Waals surface area contributed by atoms with Gasteiger partial charge in [0.1, 0.15) is 0 Å². The van der Waals surface area contributed by atoms with Crippen molar-refractivity contribution in [2.24, 2.45) is 5.92 Å². The first-order valence-electron chi connectivity index (χ1n) is 6.31. The Morgan fingerprint density at radius 1 is 1.58 bits per heavy atom. The summed E-state index contributed by atoms with van der Waals surface area (Å²) in [5, 5.41) is 1.89. The maximum Gasteiger partial charge on any atom is 0.310 e. The maximum absolute atomic E-state index is 12.3. The lowest BCUT2D eigenvalue weighted by molar-refractivity contribution is -0.149. The van der Waals surface area contributed by atoms with Gasteiger partial charge in [-0.2, -0.15) is 0 Å². The standard InChI is InChI=1S/C13H16BrNO3S/c1-2-18-13(17)9-4-3-5-15(7-9)12(16)11-6-10(14)8-19-11/h6,8-9H,2-5,7H2,1H3. The van der Waals surface area contributed by atoms with Gasteiger partial charge in [0.15, 0.2) is 0 Å². The van der Waals surface area contributed by atoms with Crippen molar-refractivity contribution in [2.75, 3.05) is 19.7 Å². The Hall–Kier alpha value is -0.880. The Balaban J connectivity index is 2.01. The van der Waals surface area contributed by atoms with E-state index in [0.29, 0.717) is 24.6 Å². The van der Waals surface area contributed by atoms with Crippen LogP contribution in [-0.2, 0) is 9.53 Å². The monoisotopic (exact) mass is 345 g/mol. The summed E-state index contributed by atoms with van der Waals surface area (Å²) in [5.74, 6) is -0.363. The number of esters is 1. The molecule has 1 aliphatic rings. The van der Waals surface area contributed by atoms with E-state index in [-0.39, 0.29) is 17.8 Å². The van der Waals surface area contributed by atoms with Crippen molar-refractivity contribution < 1.29 is 14.3 Å². The molecule has 0 bridgehead atoms. The highest BCUT2D eigenvalue weighted by molar-refractivity contribution is 9.10. The van der Waals surface area contributed by atoms with Crippen LogP contribution < -0.4 is 0 Å². The number of halogens is 1. The predicted molar refractivity (Wildman–Crippen MR) is 77.3 cm³/mol. The lowest BCUT2D eigenvalue weighted by Gasteiger charge is -2.31. The third kappa shape index (κ3) is 3.57. The molecule has 2 heterocycles. The number of thiophene rings is 1. The molecule has 1 atom stereocenters. The Bertz CT molecular complexity index is 474. The summed E-state index contributed by atoms with van der Waals surface area (Å²) < 4.78 is 5.95. The van der Waals surface area contributed by atoms with Crippen molar-refractivity contribution >= 4 is 39.1 Å². The molecule has 1 aliphatic heterocycles. The van der Waals surface area contributed by atoms with Crippen LogP contribution in [0.1, 0.15) is 29.4 Å². The largest absolute Gasteiger partial charge is 0.466 e. The smallest absolute Gasteiger partial charge is 0.310 e. The van der Waals surface area contributed by atoms with E-state index in [2.05, 4.69) is 15.9 Å². The SMILES string of the molecule is CCOC(=O)C1CCCN(C(=O)c2cc(Br)cs2)C1. The van der Waals surface area contributed by atoms with Gasteiger partial charge < -0.3 is 9.64 Å². The van der Waals surface area contributed by atoms with E-state index in [1.165, 1.54) is 11.3 Å². The number of carbonyl (C=O) groups is 2. The zero-order valence-corrected chi connectivity index (χ0v) is 13.1. The van der Waals surface area contributed by atoms with Gasteiger partial charge in [-0.1, -0.05) is 0 Å². The first kappa shape index (κ1) is 14.5. The van der Waals surface area contributed by atoms with Crippen LogP contribution in [0.25, 0.3) is 0 Å². The van der Waals surface area contributed by atoms with Crippen LogP contribution in [0.5, 0.6) is 0 Å². The van der Waals surface area contributed by atoms with Crippen molar-refractivity contribution in [3.8, 4) is 0 Å². The predicted octanol–water partition coefficient (Wildman–Crippen LogP) is 2.93. The van der Waals surface area contributed by atoms with Gasteiger partial charge in [-0.05, 0) is 41.8 Å². The third-order valence-corrected chi connectivity index (χ3v) is 4.79. The lowest BCUT2D eigenvalue weighted by atomic mass is 9.98. The van der Waals surface area contributed by atoms with Crippen LogP contribution >= 0.6 is 27.3 Å². The Kier molecular flexibility index (Phi) is 4.99. The quantitative estimate of drug-likeness (QED) is 0.791. The second-order valence-corrected chi connectivity index (χ2v) is 6.30. The molecule has 1 amide bonds. The van der Waals surface area contributed by atoms with Crippen LogP contribution in [-0.4, -0.2) is 36.5 Å². The van der Waals surface area contributed by atoms with Crippen molar-refractivity contribution in [2.45, 2.75) is 19.8 Å². The number of likely N-dealkylation sites (tertiary alicyclic amines) is 1. The highest BCUT2D eigenvalue weighted by atomic mass is 79.9. The van der Waals surface area contributed by atoms with Crippen LogP contribution in [0.3, 0.4) is 0 Å². The second-order valence-electron chi connectivity index (χ2n) is 4.47. The van der Waals surface area contributed by atoms with Gasteiger partial charge in [-0.25, -0.2) is 0 Å². The molecule has 1 aromatic heterocycles. The zero-order chi connectivity index (χ0) is 13.8. The van der Waals surface area contributed by atoms with E-state index in [0.717, 1.165) is 17.3 Å². The molecular formula is C13H16BrNO3S. The number of hydrogen-bond donors (Lipinski definition) is 0. The van der Waals surface area contributed by atoms with Crippen LogP contribution in [0.2, 0.25) is 0 Å². The summed E-state index contributed by atoms with van der Waals surface area (Å²) in [4.78, 5) is 26.5. The molecule has 0 radical (unpaired) electrons. The van der Waals surface area contributed by atoms with Crippen molar-refractivity contribution in [1.82, 2.24) is 4.90 Å². The second kappa shape index (κ2) is 6.52. The van der Waals surface area contributed by atoms with Crippen molar-refractivity contribution in [3.05, 3.63) is 20.8 Å². The van der Waals surface area contributed by atoms with Crippen LogP contribution in [0.15, 0.2) is 15.9 Å². The highest BCUT2D eigenvalue weighted by Crippen LogP contribution is 2.24. The third-order valence-electron chi connectivity index (χ3n) is 3.11. The van der Waals surface area contributed by atoms with Gasteiger partial charge in [0, 0.05) is 22.9 Å². The molecule has 0 N–H and O–H groups in total. The summed E-state index contributed by atoms with van der Waals surface area (Å²) in [5.41, 5.74) is 0. The molecule has 0 saturated carbocycles. The summed E-state index contributed by atoms with van der Waals surface area (Å²) in [7, 11) is 0. The Morgan fingerprint density at radius 3 is 3.00 bits per heavy atom. The highest BCUT2D eigenvalue weighted by Gasteiger charge is 2.30. The fourth-order valence-corrected chi connectivity index (χ4v) is 3.59. The molecule has 0 aliphatic carbocycles. The normalized spacial score (nSPS) is 19.3. The molecular weight excluding hydrogens is 330 g/mol. The molecule has 19 heavy (non-hydrogen) atoms. The average Bonchev–Trinajstić information content (AvgIpc) is 2.85. The summed E-state index contributed by atoms with van der Waals surface area (Å²) in [6, 6.07) is 1.82. The molecule has 6 heteroatoms. The molecule has 0 aromatic carbocycles. The first-order chi connectivity index (χ1) is 9.11. The Morgan fingerprint density at radius 2 is 2.37 bits per heavy atom. The number of rotatable bonds is 3. The number of carbonyl (C=O) groups excluding carboxylic acids is 2. The first-order valence-corrected chi connectivity index (χ1v) is 7.99. The fourth-order valence-electron chi connectivity index (χ4n) is 2.20. The van der Waals surface area contributed by atoms with Gasteiger partial charge in [-0.15, -0.1) is 11.3 Å². The lowest BCUT2D eigenvalue weighted by Crippen LogP contribution is -2.42. The average molecular weight is 346 g/mol. The zero-order valence-electron chi connectivity index (χ0n) is 10.7. The fraction of sp³-hybridized carbons (Fsp3) is 0.538. The molecule has 0 spiro atoms. The topological polar surface area (TPSA) is 46.6 Å². The van der Waals surface area contributed by atoms with Crippen molar-refractivity contribution in [3.63, 3.8) is 0 Å². The molecule has 1 saturated heterocycles. The van der Waals surface area contributed by atoms with Crippen molar-refractivity contribution in [1.29, 1.82) is 0 Å². The minimum Gasteiger partial charge on any atom is -0.466 e. The van der Waals surface area contributed by atoms with Gasteiger partial charge in [-0.3, -0.25) is 9.59 Å². The van der Waals surface area contributed by atoms with Gasteiger partial charge in [0.25, 0.3) is 5.91 Å². The van der Waals surface area contributed by atoms with E-state index >= 15 is 0 Å². The van der Waals surface area contributed by atoms with Crippen LogP contribution in [0, 0.1) is 5.92 Å². The summed E-state index contributed by atoms with van der Waals surface area (Å²) in [6.45, 7) is 3.37. The number of ether oxygens (including phenoxy) is 1. The molecule has 1 aromatic rings. The van der Waals surface area contributed by atoms with Gasteiger partial charge in [0.05, 0.1) is 17.4 Å². The minimum atomic E-state index is -0.188. The van der Waals surface area contributed by atoms with E-state index in [9.17, 15) is 9.59 Å². The van der Waals surface area contributed by atoms with E-state index in [1.54, 1.807) is 11.8 Å². The molecule has 4 nitrogen and oxygen atoms in total. The van der Waals surface area contributed by atoms with Gasteiger partial charge >= 0.3 is 5.97 Å². The maximum atomic E-state index is 12.3. The van der Waals surface area contributed by atoms with E-state index in [1.807, 2.05) is 11.4 Å². The number of hydrogen-bond acceptors (Lipinski definition) is 4. The van der Waals surface area contributed by atoms with Crippen LogP contribution in [0.4, 0.5) is 0 Å². The molecule has 2 rings (SSSR count). The summed E-state index contributed by atoms with van der Waals surface area (Å²) >= 11 is 4.76. The number of nitrogens with zero attached hydrogens (tertiary/aromatic N) is 1. The van der Waals surface area contributed by atoms with E-state index in [4.69, 9.17) is 4.74 Å². The van der Waals surface area contributed by atoms with E-state index < -0.39 is 0 Å².